The molecule has 0 heterocycles. The van der Waals surface area contributed by atoms with E-state index in [4.69, 9.17) is 19.9 Å². The molecule has 0 aliphatic rings. The first-order chi connectivity index (χ1) is 7.71. The van der Waals surface area contributed by atoms with Crippen LogP contribution in [-0.4, -0.2) is 26.7 Å². The summed E-state index contributed by atoms with van der Waals surface area (Å²) in [5.74, 6) is 0.801. The Bertz CT molecular complexity index is 365. The second kappa shape index (κ2) is 5.97. The standard InChI is InChI=1S/C11H15NO4/c1-14-9-4-3-8(5-10(9)15-2)7-16-11(13)6-12/h3-5H,6-7,12H2,1-2H3. The minimum atomic E-state index is -0.435. The van der Waals surface area contributed by atoms with Crippen molar-refractivity contribution in [3.05, 3.63) is 23.8 Å². The molecule has 16 heavy (non-hydrogen) atoms. The maximum atomic E-state index is 10.9. The zero-order valence-electron chi connectivity index (χ0n) is 9.36. The number of benzene rings is 1. The second-order valence-electron chi connectivity index (χ2n) is 3.05. The molecule has 0 amide bonds. The number of nitrogens with two attached hydrogens (primary N) is 1. The highest BCUT2D eigenvalue weighted by Crippen LogP contribution is 2.27. The number of esters is 1. The van der Waals surface area contributed by atoms with Crippen LogP contribution in [0.2, 0.25) is 0 Å². The average Bonchev–Trinajstić information content (AvgIpc) is 2.35. The van der Waals surface area contributed by atoms with Gasteiger partial charge in [-0.15, -0.1) is 0 Å². The first-order valence-electron chi connectivity index (χ1n) is 4.78. The lowest BCUT2D eigenvalue weighted by Crippen LogP contribution is -2.16. The maximum Gasteiger partial charge on any atom is 0.320 e. The third kappa shape index (κ3) is 3.13. The van der Waals surface area contributed by atoms with Gasteiger partial charge in [0.25, 0.3) is 0 Å². The van der Waals surface area contributed by atoms with Crippen LogP contribution in [0, 0.1) is 0 Å². The van der Waals surface area contributed by atoms with Gasteiger partial charge in [-0.1, -0.05) is 6.07 Å². The molecule has 1 rings (SSSR count). The summed E-state index contributed by atoms with van der Waals surface area (Å²) in [4.78, 5) is 10.9. The van der Waals surface area contributed by atoms with Gasteiger partial charge in [0.15, 0.2) is 11.5 Å². The maximum absolute atomic E-state index is 10.9. The molecule has 5 nitrogen and oxygen atoms in total. The van der Waals surface area contributed by atoms with E-state index in [2.05, 4.69) is 0 Å². The van der Waals surface area contributed by atoms with Crippen LogP contribution in [0.1, 0.15) is 5.56 Å². The highest BCUT2D eigenvalue weighted by Gasteiger charge is 2.06. The number of hydrogen-bond donors (Lipinski definition) is 1. The number of carbonyl (C=O) groups is 1. The largest absolute Gasteiger partial charge is 0.493 e. The van der Waals surface area contributed by atoms with Crippen LogP contribution in [-0.2, 0) is 16.1 Å². The first-order valence-corrected chi connectivity index (χ1v) is 4.78. The molecule has 0 aliphatic heterocycles. The van der Waals surface area contributed by atoms with Gasteiger partial charge in [-0.2, -0.15) is 0 Å². The van der Waals surface area contributed by atoms with Crippen LogP contribution < -0.4 is 15.2 Å². The van der Waals surface area contributed by atoms with Gasteiger partial charge in [-0.3, -0.25) is 4.79 Å². The van der Waals surface area contributed by atoms with Crippen molar-refractivity contribution in [1.82, 2.24) is 0 Å². The van der Waals surface area contributed by atoms with Gasteiger partial charge in [0.2, 0.25) is 0 Å². The highest BCUT2D eigenvalue weighted by atomic mass is 16.5. The van der Waals surface area contributed by atoms with E-state index in [0.29, 0.717) is 11.5 Å². The molecule has 1 aromatic carbocycles. The van der Waals surface area contributed by atoms with Gasteiger partial charge in [0.05, 0.1) is 20.8 Å². The molecule has 0 aliphatic carbocycles. The van der Waals surface area contributed by atoms with Gasteiger partial charge < -0.3 is 19.9 Å². The average molecular weight is 225 g/mol. The van der Waals surface area contributed by atoms with E-state index in [1.54, 1.807) is 32.4 Å². The summed E-state index contributed by atoms with van der Waals surface area (Å²) in [7, 11) is 3.11. The van der Waals surface area contributed by atoms with Crippen molar-refractivity contribution in [2.24, 2.45) is 5.73 Å². The van der Waals surface area contributed by atoms with Crippen LogP contribution >= 0.6 is 0 Å². The van der Waals surface area contributed by atoms with Crippen LogP contribution in [0.3, 0.4) is 0 Å². The Morgan fingerprint density at radius 2 is 1.94 bits per heavy atom. The molecule has 0 radical (unpaired) electrons. The lowest BCUT2D eigenvalue weighted by molar-refractivity contribution is -0.143. The van der Waals surface area contributed by atoms with E-state index in [1.165, 1.54) is 0 Å². The zero-order valence-corrected chi connectivity index (χ0v) is 9.36. The number of hydrogen-bond acceptors (Lipinski definition) is 5. The van der Waals surface area contributed by atoms with Gasteiger partial charge in [0, 0.05) is 0 Å². The normalized spacial score (nSPS) is 9.69. The van der Waals surface area contributed by atoms with Crippen molar-refractivity contribution < 1.29 is 19.0 Å². The monoisotopic (exact) mass is 225 g/mol. The summed E-state index contributed by atoms with van der Waals surface area (Å²) < 4.78 is 15.1. The molecule has 1 aromatic rings. The summed E-state index contributed by atoms with van der Waals surface area (Å²) >= 11 is 0. The summed E-state index contributed by atoms with van der Waals surface area (Å²) in [5, 5.41) is 0. The second-order valence-corrected chi connectivity index (χ2v) is 3.05. The Morgan fingerprint density at radius 1 is 1.25 bits per heavy atom. The Morgan fingerprint density at radius 3 is 2.50 bits per heavy atom. The summed E-state index contributed by atoms with van der Waals surface area (Å²) in [6, 6.07) is 5.30. The van der Waals surface area contributed by atoms with Crippen LogP contribution in [0.25, 0.3) is 0 Å². The van der Waals surface area contributed by atoms with Crippen molar-refractivity contribution in [1.29, 1.82) is 0 Å². The minimum Gasteiger partial charge on any atom is -0.493 e. The van der Waals surface area contributed by atoms with E-state index < -0.39 is 5.97 Å². The molecule has 5 heteroatoms. The highest BCUT2D eigenvalue weighted by molar-refractivity contribution is 5.71. The molecule has 0 saturated heterocycles. The molecular formula is C11H15NO4. The quantitative estimate of drug-likeness (QED) is 0.747. The summed E-state index contributed by atoms with van der Waals surface area (Å²) in [6.07, 6.45) is 0. The van der Waals surface area contributed by atoms with E-state index in [9.17, 15) is 4.79 Å². The number of carbonyl (C=O) groups excluding carboxylic acids is 1. The molecule has 88 valence electrons. The smallest absolute Gasteiger partial charge is 0.320 e. The first kappa shape index (κ1) is 12.3. The molecule has 0 unspecified atom stereocenters. The minimum absolute atomic E-state index is 0.118. The third-order valence-electron chi connectivity index (χ3n) is 2.01. The van der Waals surface area contributed by atoms with E-state index in [0.717, 1.165) is 5.56 Å². The molecule has 0 aromatic heterocycles. The summed E-state index contributed by atoms with van der Waals surface area (Å²) in [5.41, 5.74) is 5.94. The van der Waals surface area contributed by atoms with Crippen LogP contribution in [0.4, 0.5) is 0 Å². The SMILES string of the molecule is COc1ccc(COC(=O)CN)cc1OC. The molecule has 0 atom stereocenters. The predicted octanol–water partition coefficient (Wildman–Crippen LogP) is 0.706. The van der Waals surface area contributed by atoms with Crippen molar-refractivity contribution in [2.45, 2.75) is 6.61 Å². The van der Waals surface area contributed by atoms with E-state index in [-0.39, 0.29) is 13.2 Å². The Balaban J connectivity index is 2.71. The van der Waals surface area contributed by atoms with Gasteiger partial charge in [0.1, 0.15) is 6.61 Å². The zero-order chi connectivity index (χ0) is 12.0. The van der Waals surface area contributed by atoms with Crippen molar-refractivity contribution >= 4 is 5.97 Å². The third-order valence-corrected chi connectivity index (χ3v) is 2.01. The topological polar surface area (TPSA) is 70.8 Å². The van der Waals surface area contributed by atoms with Crippen molar-refractivity contribution in [2.75, 3.05) is 20.8 Å². The van der Waals surface area contributed by atoms with E-state index >= 15 is 0 Å². The fourth-order valence-corrected chi connectivity index (χ4v) is 1.19. The van der Waals surface area contributed by atoms with Gasteiger partial charge in [-0.05, 0) is 17.7 Å². The van der Waals surface area contributed by atoms with E-state index in [1.807, 2.05) is 0 Å². The molecule has 0 spiro atoms. The fourth-order valence-electron chi connectivity index (χ4n) is 1.19. The Kier molecular flexibility index (Phi) is 4.60. The lowest BCUT2D eigenvalue weighted by atomic mass is 10.2. The molecular weight excluding hydrogens is 210 g/mol. The number of rotatable bonds is 5. The van der Waals surface area contributed by atoms with Gasteiger partial charge >= 0.3 is 5.97 Å². The van der Waals surface area contributed by atoms with Crippen LogP contribution in [0.15, 0.2) is 18.2 Å². The molecule has 0 saturated carbocycles. The molecule has 0 bridgehead atoms. The predicted molar refractivity (Wildman–Crippen MR) is 58.4 cm³/mol. The fraction of sp³-hybridized carbons (Fsp3) is 0.364. The van der Waals surface area contributed by atoms with Crippen LogP contribution in [0.5, 0.6) is 11.5 Å². The number of methoxy groups -OCH3 is 2. The lowest BCUT2D eigenvalue weighted by Gasteiger charge is -2.09. The van der Waals surface area contributed by atoms with Gasteiger partial charge in [-0.25, -0.2) is 0 Å². The Hall–Kier alpha value is -1.75. The summed E-state index contributed by atoms with van der Waals surface area (Å²) in [6.45, 7) is 0.0592. The molecule has 2 N–H and O–H groups in total. The Labute approximate surface area is 94.1 Å². The molecule has 0 fully saturated rings. The number of ether oxygens (including phenoxy) is 3. The van der Waals surface area contributed by atoms with Crippen molar-refractivity contribution in [3.63, 3.8) is 0 Å². The van der Waals surface area contributed by atoms with Crippen molar-refractivity contribution in [3.8, 4) is 11.5 Å².